The quantitative estimate of drug-likeness (QED) is 0.566. The van der Waals surface area contributed by atoms with Crippen molar-refractivity contribution in [3.8, 4) is 0 Å². The Labute approximate surface area is 117 Å². The summed E-state index contributed by atoms with van der Waals surface area (Å²) in [5, 5.41) is 0.858. The fourth-order valence-corrected chi connectivity index (χ4v) is 2.53. The predicted octanol–water partition coefficient (Wildman–Crippen LogP) is 2.04. The Balaban J connectivity index is 2.34. The summed E-state index contributed by atoms with van der Waals surface area (Å²) in [6, 6.07) is 0. The highest BCUT2D eigenvalue weighted by atomic mass is 32.2. The van der Waals surface area contributed by atoms with Gasteiger partial charge in [-0.15, -0.1) is 0 Å². The lowest BCUT2D eigenvalue weighted by Crippen LogP contribution is -2.06. The van der Waals surface area contributed by atoms with E-state index in [1.807, 2.05) is 25.5 Å². The monoisotopic (exact) mass is 284 g/mol. The molecule has 19 heavy (non-hydrogen) atoms. The van der Waals surface area contributed by atoms with Crippen LogP contribution >= 0.6 is 11.8 Å². The zero-order valence-electron chi connectivity index (χ0n) is 11.9. The van der Waals surface area contributed by atoms with Crippen molar-refractivity contribution in [2.45, 2.75) is 38.3 Å². The molecule has 0 fully saturated rings. The highest BCUT2D eigenvalue weighted by Gasteiger charge is 2.11. The second-order valence-electron chi connectivity index (χ2n) is 4.38. The summed E-state index contributed by atoms with van der Waals surface area (Å²) in [4.78, 5) is 27.0. The molecule has 0 bridgehead atoms. The van der Waals surface area contributed by atoms with Gasteiger partial charge in [-0.1, -0.05) is 11.8 Å². The molecule has 0 amide bonds. The third kappa shape index (κ3) is 4.70. The summed E-state index contributed by atoms with van der Waals surface area (Å²) < 4.78 is 6.51. The van der Waals surface area contributed by atoms with Crippen LogP contribution in [0.5, 0.6) is 0 Å². The molecule has 0 aliphatic carbocycles. The fourth-order valence-electron chi connectivity index (χ4n) is 1.56. The number of carbonyl (C=O) groups is 2. The zero-order chi connectivity index (χ0) is 14.4. The largest absolute Gasteiger partial charge is 0.469 e. The first kappa shape index (κ1) is 15.8. The molecule has 0 aliphatic heterocycles. The van der Waals surface area contributed by atoms with Gasteiger partial charge in [0, 0.05) is 25.6 Å². The summed E-state index contributed by atoms with van der Waals surface area (Å²) in [5.74, 6) is 0.258. The molecule has 0 saturated heterocycles. The maximum Gasteiger partial charge on any atom is 0.305 e. The van der Waals surface area contributed by atoms with Crippen molar-refractivity contribution < 1.29 is 14.3 Å². The lowest BCUT2D eigenvalue weighted by atomic mass is 10.2. The van der Waals surface area contributed by atoms with E-state index in [9.17, 15) is 9.59 Å². The van der Waals surface area contributed by atoms with E-state index in [1.165, 1.54) is 18.9 Å². The number of hydrogen-bond acceptors (Lipinski definition) is 5. The van der Waals surface area contributed by atoms with Crippen LogP contribution in [0.2, 0.25) is 0 Å². The maximum atomic E-state index is 11.7. The number of hydrogen-bond donors (Lipinski definition) is 0. The molecule has 1 heterocycles. The predicted molar refractivity (Wildman–Crippen MR) is 74.3 cm³/mol. The van der Waals surface area contributed by atoms with Crippen LogP contribution in [0.15, 0.2) is 5.16 Å². The number of imidazole rings is 1. The number of aryl methyl sites for hydroxylation is 1. The Hall–Kier alpha value is -1.30. The molecule has 1 aromatic heterocycles. The number of aromatic nitrogens is 2. The number of rotatable bonds is 7. The second-order valence-corrected chi connectivity index (χ2v) is 5.32. The van der Waals surface area contributed by atoms with Gasteiger partial charge in [0.15, 0.2) is 5.16 Å². The average Bonchev–Trinajstić information content (AvgIpc) is 2.63. The van der Waals surface area contributed by atoms with E-state index in [0.717, 1.165) is 16.5 Å². The third-order valence-electron chi connectivity index (χ3n) is 3.00. The van der Waals surface area contributed by atoms with Crippen molar-refractivity contribution >= 4 is 23.5 Å². The van der Waals surface area contributed by atoms with Gasteiger partial charge in [-0.25, -0.2) is 4.98 Å². The normalized spacial score (nSPS) is 10.5. The Bertz CT molecular complexity index is 469. The Kier molecular flexibility index (Phi) is 6.08. The van der Waals surface area contributed by atoms with Crippen LogP contribution in [-0.2, 0) is 21.4 Å². The molecular weight excluding hydrogens is 264 g/mol. The standard InChI is InChI=1S/C13H20N2O3S/c1-9-10(2)15(3)13(14-9)19-8-11(16)6-5-7-12(17)18-4/h5-8H2,1-4H3. The molecule has 0 aliphatic rings. The van der Waals surface area contributed by atoms with Gasteiger partial charge in [0.1, 0.15) is 5.78 Å². The molecule has 0 radical (unpaired) electrons. The zero-order valence-corrected chi connectivity index (χ0v) is 12.7. The summed E-state index contributed by atoms with van der Waals surface area (Å²) in [7, 11) is 3.30. The number of carbonyl (C=O) groups excluding carboxylic acids is 2. The molecule has 1 rings (SSSR count). The number of ketones is 1. The smallest absolute Gasteiger partial charge is 0.305 e. The van der Waals surface area contributed by atoms with Gasteiger partial charge in [-0.2, -0.15) is 0 Å². The lowest BCUT2D eigenvalue weighted by Gasteiger charge is -2.02. The van der Waals surface area contributed by atoms with E-state index in [4.69, 9.17) is 0 Å². The minimum absolute atomic E-state index is 0.132. The number of Topliss-reactive ketones (excluding diaryl/α,β-unsaturated/α-hetero) is 1. The van der Waals surface area contributed by atoms with Crippen LogP contribution in [0.3, 0.4) is 0 Å². The Morgan fingerprint density at radius 1 is 1.32 bits per heavy atom. The molecular formula is C13H20N2O3S. The van der Waals surface area contributed by atoms with Crippen LogP contribution < -0.4 is 0 Å². The van der Waals surface area contributed by atoms with Crippen LogP contribution in [0.4, 0.5) is 0 Å². The number of nitrogens with zero attached hydrogens (tertiary/aromatic N) is 2. The maximum absolute atomic E-state index is 11.7. The van der Waals surface area contributed by atoms with Crippen molar-refractivity contribution in [1.82, 2.24) is 9.55 Å². The van der Waals surface area contributed by atoms with Crippen LogP contribution in [0, 0.1) is 13.8 Å². The molecule has 5 nitrogen and oxygen atoms in total. The third-order valence-corrected chi connectivity index (χ3v) is 4.09. The van der Waals surface area contributed by atoms with E-state index >= 15 is 0 Å². The van der Waals surface area contributed by atoms with Gasteiger partial charge in [0.2, 0.25) is 0 Å². The number of ether oxygens (including phenoxy) is 1. The summed E-state index contributed by atoms with van der Waals surface area (Å²) in [5.41, 5.74) is 2.10. The van der Waals surface area contributed by atoms with Crippen molar-refractivity contribution in [2.24, 2.45) is 7.05 Å². The number of esters is 1. The molecule has 6 heteroatoms. The average molecular weight is 284 g/mol. The molecule has 0 atom stereocenters. The molecule has 1 aromatic rings. The SMILES string of the molecule is COC(=O)CCCC(=O)CSc1nc(C)c(C)n1C. The van der Waals surface area contributed by atoms with Crippen molar-refractivity contribution in [2.75, 3.05) is 12.9 Å². The van der Waals surface area contributed by atoms with Crippen LogP contribution in [-0.4, -0.2) is 34.2 Å². The lowest BCUT2D eigenvalue weighted by molar-refractivity contribution is -0.140. The van der Waals surface area contributed by atoms with E-state index in [1.54, 1.807) is 0 Å². The molecule has 0 N–H and O–H groups in total. The minimum atomic E-state index is -0.268. The first-order valence-electron chi connectivity index (χ1n) is 6.17. The van der Waals surface area contributed by atoms with Crippen LogP contribution in [0.25, 0.3) is 0 Å². The molecule has 0 unspecified atom stereocenters. The van der Waals surface area contributed by atoms with Gasteiger partial charge < -0.3 is 9.30 Å². The minimum Gasteiger partial charge on any atom is -0.469 e. The summed E-state index contributed by atoms with van der Waals surface area (Å²) in [6.07, 6.45) is 1.25. The highest BCUT2D eigenvalue weighted by Crippen LogP contribution is 2.20. The second kappa shape index (κ2) is 7.33. The van der Waals surface area contributed by atoms with E-state index < -0.39 is 0 Å². The first-order valence-corrected chi connectivity index (χ1v) is 7.15. The number of methoxy groups -OCH3 is 1. The van der Waals surface area contributed by atoms with Crippen LogP contribution in [0.1, 0.15) is 30.7 Å². The molecule has 0 saturated carbocycles. The molecule has 0 aromatic carbocycles. The Morgan fingerprint density at radius 2 is 2.00 bits per heavy atom. The van der Waals surface area contributed by atoms with Gasteiger partial charge in [0.05, 0.1) is 18.6 Å². The van der Waals surface area contributed by atoms with Crippen molar-refractivity contribution in [3.63, 3.8) is 0 Å². The van der Waals surface area contributed by atoms with Crippen molar-refractivity contribution in [1.29, 1.82) is 0 Å². The fraction of sp³-hybridized carbons (Fsp3) is 0.615. The van der Waals surface area contributed by atoms with E-state index in [2.05, 4.69) is 9.72 Å². The highest BCUT2D eigenvalue weighted by molar-refractivity contribution is 7.99. The summed E-state index contributed by atoms with van der Waals surface area (Å²) >= 11 is 1.44. The topological polar surface area (TPSA) is 61.2 Å². The number of thioether (sulfide) groups is 1. The van der Waals surface area contributed by atoms with Gasteiger partial charge in [-0.05, 0) is 20.3 Å². The van der Waals surface area contributed by atoms with Crippen molar-refractivity contribution in [3.05, 3.63) is 11.4 Å². The van der Waals surface area contributed by atoms with Gasteiger partial charge in [0.25, 0.3) is 0 Å². The summed E-state index contributed by atoms with van der Waals surface area (Å²) in [6.45, 7) is 3.96. The van der Waals surface area contributed by atoms with E-state index in [-0.39, 0.29) is 11.8 Å². The molecule has 0 spiro atoms. The van der Waals surface area contributed by atoms with E-state index in [0.29, 0.717) is 25.0 Å². The first-order chi connectivity index (χ1) is 8.95. The Morgan fingerprint density at radius 3 is 2.53 bits per heavy atom. The van der Waals surface area contributed by atoms with Gasteiger partial charge in [-0.3, -0.25) is 9.59 Å². The van der Waals surface area contributed by atoms with Gasteiger partial charge >= 0.3 is 5.97 Å². The molecule has 106 valence electrons.